The van der Waals surface area contributed by atoms with E-state index in [1.54, 1.807) is 5.48 Å². The lowest BCUT2D eigenvalue weighted by molar-refractivity contribution is 0.0711. The van der Waals surface area contributed by atoms with Crippen LogP contribution in [0.25, 0.3) is 11.1 Å². The van der Waals surface area contributed by atoms with Gasteiger partial charge in [0.1, 0.15) is 4.88 Å². The maximum atomic E-state index is 12.0. The molecule has 3 aromatic rings. The third-order valence-electron chi connectivity index (χ3n) is 4.05. The van der Waals surface area contributed by atoms with Crippen LogP contribution in [-0.4, -0.2) is 23.8 Å². The maximum absolute atomic E-state index is 12.0. The summed E-state index contributed by atoms with van der Waals surface area (Å²) in [7, 11) is 0. The summed E-state index contributed by atoms with van der Waals surface area (Å²) in [6, 6.07) is 21.0. The van der Waals surface area contributed by atoms with Crippen molar-refractivity contribution in [3.05, 3.63) is 82.0 Å². The summed E-state index contributed by atoms with van der Waals surface area (Å²) in [5, 5.41) is 11.7. The first-order chi connectivity index (χ1) is 13.7. The number of hydrogen-bond donors (Lipinski definition) is 3. The minimum absolute atomic E-state index is 0.230. The van der Waals surface area contributed by atoms with Crippen molar-refractivity contribution in [2.45, 2.75) is 13.0 Å². The molecule has 0 atom stereocenters. The van der Waals surface area contributed by atoms with Gasteiger partial charge in [-0.15, -0.1) is 11.3 Å². The molecule has 0 aliphatic heterocycles. The zero-order valence-corrected chi connectivity index (χ0v) is 15.9. The highest BCUT2D eigenvalue weighted by Crippen LogP contribution is 2.31. The number of thiophene rings is 1. The van der Waals surface area contributed by atoms with Gasteiger partial charge in [0.05, 0.1) is 13.2 Å². The van der Waals surface area contributed by atoms with Crippen molar-refractivity contribution in [1.29, 1.82) is 0 Å². The first-order valence-electron chi connectivity index (χ1n) is 8.74. The molecule has 3 N–H and O–H groups in total. The Hall–Kier alpha value is -3.16. The molecule has 0 radical (unpaired) electrons. The molecule has 0 saturated carbocycles. The van der Waals surface area contributed by atoms with Crippen molar-refractivity contribution in [2.24, 2.45) is 0 Å². The third-order valence-corrected chi connectivity index (χ3v) is 5.18. The van der Waals surface area contributed by atoms with E-state index in [9.17, 15) is 9.59 Å². The highest BCUT2D eigenvalue weighted by molar-refractivity contribution is 7.14. The number of hydrogen-bond acceptors (Lipinski definition) is 5. The topological polar surface area (TPSA) is 87.7 Å². The highest BCUT2D eigenvalue weighted by Gasteiger charge is 2.17. The van der Waals surface area contributed by atoms with Crippen LogP contribution >= 0.6 is 11.3 Å². The minimum atomic E-state index is -0.583. The quantitative estimate of drug-likeness (QED) is 0.416. The Morgan fingerprint density at radius 1 is 1.00 bits per heavy atom. The van der Waals surface area contributed by atoms with Crippen molar-refractivity contribution in [3.8, 4) is 11.1 Å². The molecule has 1 heterocycles. The van der Waals surface area contributed by atoms with E-state index < -0.39 is 12.0 Å². The Kier molecular flexibility index (Phi) is 6.78. The number of nitrogens with one attached hydrogen (secondary N) is 2. The molecule has 0 bridgehead atoms. The van der Waals surface area contributed by atoms with E-state index in [2.05, 4.69) is 5.32 Å². The summed E-state index contributed by atoms with van der Waals surface area (Å²) in [5.74, 6) is -0.583. The fourth-order valence-corrected chi connectivity index (χ4v) is 3.71. The van der Waals surface area contributed by atoms with Gasteiger partial charge < -0.3 is 10.1 Å². The third kappa shape index (κ3) is 5.18. The lowest BCUT2D eigenvalue weighted by Crippen LogP contribution is -2.24. The summed E-state index contributed by atoms with van der Waals surface area (Å²) < 4.78 is 5.19. The molecule has 2 aromatic carbocycles. The van der Waals surface area contributed by atoms with Gasteiger partial charge in [-0.3, -0.25) is 10.0 Å². The monoisotopic (exact) mass is 396 g/mol. The van der Waals surface area contributed by atoms with Gasteiger partial charge in [-0.2, -0.15) is 0 Å². The second-order valence-electron chi connectivity index (χ2n) is 5.99. The van der Waals surface area contributed by atoms with Crippen LogP contribution in [0.4, 0.5) is 4.79 Å². The van der Waals surface area contributed by atoms with E-state index in [-0.39, 0.29) is 13.2 Å². The van der Waals surface area contributed by atoms with Crippen LogP contribution in [0.2, 0.25) is 0 Å². The molecule has 0 saturated heterocycles. The van der Waals surface area contributed by atoms with Crippen molar-refractivity contribution in [2.75, 3.05) is 6.61 Å². The number of benzene rings is 2. The molecule has 1 aromatic heterocycles. The van der Waals surface area contributed by atoms with Gasteiger partial charge in [0.25, 0.3) is 5.91 Å². The standard InChI is InChI=1S/C21H20N2O4S/c24-20(23-26)19-18(16-9-5-2-6-10-16)13-17(28-19)14-22-21(25)27-12-11-15-7-3-1-4-8-15/h1-10,13,26H,11-12,14H2,(H,22,25)(H,23,24). The van der Waals surface area contributed by atoms with Crippen LogP contribution in [0.1, 0.15) is 20.1 Å². The SMILES string of the molecule is O=C(NCc1cc(-c2ccccc2)c(C(=O)NO)s1)OCCc1ccccc1. The smallest absolute Gasteiger partial charge is 0.407 e. The molecule has 7 heteroatoms. The molecule has 6 nitrogen and oxygen atoms in total. The number of carbonyl (C=O) groups is 2. The highest BCUT2D eigenvalue weighted by atomic mass is 32.1. The fourth-order valence-electron chi connectivity index (χ4n) is 2.70. The Balaban J connectivity index is 1.58. The van der Waals surface area contributed by atoms with Crippen LogP contribution in [-0.2, 0) is 17.7 Å². The summed E-state index contributed by atoms with van der Waals surface area (Å²) in [5.41, 5.74) is 4.33. The average Bonchev–Trinajstić information content (AvgIpc) is 3.17. The van der Waals surface area contributed by atoms with E-state index in [0.29, 0.717) is 16.9 Å². The van der Waals surface area contributed by atoms with Gasteiger partial charge in [-0.05, 0) is 17.2 Å². The van der Waals surface area contributed by atoms with Gasteiger partial charge in [0, 0.05) is 16.9 Å². The summed E-state index contributed by atoms with van der Waals surface area (Å²) in [4.78, 5) is 25.0. The molecule has 0 spiro atoms. The predicted molar refractivity (Wildman–Crippen MR) is 107 cm³/mol. The number of ether oxygens (including phenoxy) is 1. The normalized spacial score (nSPS) is 10.3. The van der Waals surface area contributed by atoms with Crippen molar-refractivity contribution in [1.82, 2.24) is 10.8 Å². The maximum Gasteiger partial charge on any atom is 0.407 e. The van der Waals surface area contributed by atoms with Crippen LogP contribution in [0.5, 0.6) is 0 Å². The minimum Gasteiger partial charge on any atom is -0.449 e. The van der Waals surface area contributed by atoms with Crippen molar-refractivity contribution in [3.63, 3.8) is 0 Å². The second-order valence-corrected chi connectivity index (χ2v) is 7.12. The Bertz CT molecular complexity index is 926. The summed E-state index contributed by atoms with van der Waals surface area (Å²) in [6.07, 6.45) is 0.130. The zero-order chi connectivity index (χ0) is 19.8. The van der Waals surface area contributed by atoms with E-state index in [0.717, 1.165) is 16.0 Å². The van der Waals surface area contributed by atoms with Crippen LogP contribution in [0, 0.1) is 0 Å². The van der Waals surface area contributed by atoms with Gasteiger partial charge in [0.15, 0.2) is 0 Å². The van der Waals surface area contributed by atoms with Crippen molar-refractivity contribution < 1.29 is 19.5 Å². The zero-order valence-electron chi connectivity index (χ0n) is 15.1. The molecule has 0 aliphatic rings. The molecule has 144 valence electrons. The predicted octanol–water partition coefficient (Wildman–Crippen LogP) is 4.00. The Morgan fingerprint density at radius 2 is 1.68 bits per heavy atom. The molecular formula is C21H20N2O4S. The van der Waals surface area contributed by atoms with Crippen LogP contribution in [0.15, 0.2) is 66.7 Å². The fraction of sp³-hybridized carbons (Fsp3) is 0.143. The molecular weight excluding hydrogens is 376 g/mol. The van der Waals surface area contributed by atoms with E-state index in [1.807, 2.05) is 66.7 Å². The summed E-state index contributed by atoms with van der Waals surface area (Å²) in [6.45, 7) is 0.515. The molecule has 0 fully saturated rings. The van der Waals surface area contributed by atoms with E-state index in [4.69, 9.17) is 9.94 Å². The largest absolute Gasteiger partial charge is 0.449 e. The first kappa shape index (κ1) is 19.6. The Labute approximate surface area is 166 Å². The van der Waals surface area contributed by atoms with Gasteiger partial charge in [0.2, 0.25) is 0 Å². The molecule has 0 unspecified atom stereocenters. The number of amides is 2. The molecule has 2 amide bonds. The lowest BCUT2D eigenvalue weighted by Gasteiger charge is -2.06. The van der Waals surface area contributed by atoms with Gasteiger partial charge in [-0.1, -0.05) is 60.7 Å². The first-order valence-corrected chi connectivity index (χ1v) is 9.56. The molecule has 28 heavy (non-hydrogen) atoms. The molecule has 0 aliphatic carbocycles. The van der Waals surface area contributed by atoms with E-state index >= 15 is 0 Å². The van der Waals surface area contributed by atoms with Gasteiger partial charge >= 0.3 is 6.09 Å². The number of rotatable bonds is 7. The van der Waals surface area contributed by atoms with E-state index in [1.165, 1.54) is 11.3 Å². The average molecular weight is 396 g/mol. The number of carbonyl (C=O) groups excluding carboxylic acids is 2. The summed E-state index contributed by atoms with van der Waals surface area (Å²) >= 11 is 1.21. The number of hydroxylamine groups is 1. The van der Waals surface area contributed by atoms with Crippen LogP contribution in [0.3, 0.4) is 0 Å². The Morgan fingerprint density at radius 3 is 2.36 bits per heavy atom. The van der Waals surface area contributed by atoms with Crippen LogP contribution < -0.4 is 10.8 Å². The lowest BCUT2D eigenvalue weighted by atomic mass is 10.1. The molecule has 3 rings (SSSR count). The second kappa shape index (κ2) is 9.68. The van der Waals surface area contributed by atoms with Gasteiger partial charge in [-0.25, -0.2) is 10.3 Å². The number of alkyl carbamates (subject to hydrolysis) is 1. The van der Waals surface area contributed by atoms with Crippen molar-refractivity contribution >= 4 is 23.3 Å².